The molecule has 1 aliphatic heterocycles. The number of hydrogen-bond acceptors (Lipinski definition) is 4. The summed E-state index contributed by atoms with van der Waals surface area (Å²) in [5.74, 6) is -0.485. The van der Waals surface area contributed by atoms with Gasteiger partial charge < -0.3 is 10.6 Å². The van der Waals surface area contributed by atoms with E-state index < -0.39 is 10.0 Å². The summed E-state index contributed by atoms with van der Waals surface area (Å²) in [4.78, 5) is 24.0. The summed E-state index contributed by atoms with van der Waals surface area (Å²) in [7, 11) is -1.68. The first-order chi connectivity index (χ1) is 13.4. The Hall–Kier alpha value is -3.13. The van der Waals surface area contributed by atoms with Crippen molar-refractivity contribution in [2.75, 3.05) is 29.0 Å². The normalized spacial score (nSPS) is 15.5. The molecule has 0 spiro atoms. The fourth-order valence-corrected chi connectivity index (χ4v) is 4.52. The van der Waals surface area contributed by atoms with E-state index in [-0.39, 0.29) is 17.6 Å². The predicted molar refractivity (Wildman–Crippen MR) is 110 cm³/mol. The van der Waals surface area contributed by atoms with Crippen LogP contribution in [-0.2, 0) is 14.8 Å². The number of anilines is 2. The number of amides is 2. The summed E-state index contributed by atoms with van der Waals surface area (Å²) in [5.41, 5.74) is 2.18. The molecule has 1 aliphatic rings. The fourth-order valence-electron chi connectivity index (χ4n) is 2.95. The number of rotatable bonds is 5. The van der Waals surface area contributed by atoms with Crippen molar-refractivity contribution >= 4 is 39.3 Å². The molecule has 0 aromatic heterocycles. The second kappa shape index (κ2) is 8.26. The van der Waals surface area contributed by atoms with E-state index >= 15 is 0 Å². The van der Waals surface area contributed by atoms with Crippen molar-refractivity contribution in [3.8, 4) is 0 Å². The second-order valence-electron chi connectivity index (χ2n) is 6.28. The minimum absolute atomic E-state index is 0.173. The van der Waals surface area contributed by atoms with Crippen LogP contribution in [0.3, 0.4) is 0 Å². The molecule has 0 bridgehead atoms. The van der Waals surface area contributed by atoms with Gasteiger partial charge in [0.05, 0.1) is 22.7 Å². The molecule has 1 saturated heterocycles. The second-order valence-corrected chi connectivity index (χ2v) is 8.29. The van der Waals surface area contributed by atoms with Gasteiger partial charge in [0.2, 0.25) is 15.9 Å². The zero-order valence-electron chi connectivity index (χ0n) is 15.4. The van der Waals surface area contributed by atoms with Crippen molar-refractivity contribution in [1.82, 2.24) is 5.32 Å². The quantitative estimate of drug-likeness (QED) is 0.754. The average molecular weight is 399 g/mol. The van der Waals surface area contributed by atoms with Crippen LogP contribution in [0.25, 0.3) is 6.08 Å². The van der Waals surface area contributed by atoms with Crippen molar-refractivity contribution in [2.24, 2.45) is 0 Å². The summed E-state index contributed by atoms with van der Waals surface area (Å²) < 4.78 is 25.3. The number of hydrogen-bond donors (Lipinski definition) is 2. The van der Waals surface area contributed by atoms with Crippen LogP contribution in [0.2, 0.25) is 0 Å². The van der Waals surface area contributed by atoms with Gasteiger partial charge in [-0.05, 0) is 42.3 Å². The highest BCUT2D eigenvalue weighted by atomic mass is 32.2. The molecule has 2 aromatic rings. The third kappa shape index (κ3) is 4.40. The lowest BCUT2D eigenvalue weighted by Gasteiger charge is -2.16. The third-order valence-corrected chi connectivity index (χ3v) is 6.23. The minimum atomic E-state index is -3.21. The van der Waals surface area contributed by atoms with Gasteiger partial charge in [-0.2, -0.15) is 0 Å². The van der Waals surface area contributed by atoms with E-state index in [1.54, 1.807) is 54.6 Å². The number of sulfonamides is 1. The molecule has 0 saturated carbocycles. The number of nitrogens with zero attached hydrogens (tertiary/aromatic N) is 1. The van der Waals surface area contributed by atoms with Crippen LogP contribution in [0, 0.1) is 0 Å². The maximum absolute atomic E-state index is 12.2. The number of carbonyl (C=O) groups excluding carboxylic acids is 2. The van der Waals surface area contributed by atoms with Crippen molar-refractivity contribution in [3.63, 3.8) is 0 Å². The Bertz CT molecular complexity index is 1010. The molecule has 0 radical (unpaired) electrons. The van der Waals surface area contributed by atoms with Gasteiger partial charge in [0, 0.05) is 19.7 Å². The van der Waals surface area contributed by atoms with Gasteiger partial charge in [-0.15, -0.1) is 0 Å². The Morgan fingerprint density at radius 1 is 1.07 bits per heavy atom. The Morgan fingerprint density at radius 3 is 2.43 bits per heavy atom. The lowest BCUT2D eigenvalue weighted by molar-refractivity contribution is -0.111. The summed E-state index contributed by atoms with van der Waals surface area (Å²) >= 11 is 0. The maximum Gasteiger partial charge on any atom is 0.253 e. The van der Waals surface area contributed by atoms with E-state index in [1.165, 1.54) is 17.4 Å². The van der Waals surface area contributed by atoms with Crippen molar-refractivity contribution in [3.05, 3.63) is 65.7 Å². The van der Waals surface area contributed by atoms with E-state index in [2.05, 4.69) is 10.6 Å². The molecule has 0 atom stereocenters. The van der Waals surface area contributed by atoms with E-state index in [0.717, 1.165) is 5.56 Å². The first-order valence-corrected chi connectivity index (χ1v) is 10.4. The van der Waals surface area contributed by atoms with Crippen molar-refractivity contribution in [2.45, 2.75) is 6.42 Å². The highest BCUT2D eigenvalue weighted by Gasteiger charge is 2.28. The minimum Gasteiger partial charge on any atom is -0.355 e. The highest BCUT2D eigenvalue weighted by Crippen LogP contribution is 2.24. The number of nitrogens with one attached hydrogen (secondary N) is 2. The van der Waals surface area contributed by atoms with Gasteiger partial charge in [0.1, 0.15) is 0 Å². The highest BCUT2D eigenvalue weighted by molar-refractivity contribution is 7.93. The van der Waals surface area contributed by atoms with Gasteiger partial charge in [0.15, 0.2) is 0 Å². The summed E-state index contributed by atoms with van der Waals surface area (Å²) in [6.07, 6.45) is 3.62. The molecule has 1 heterocycles. The third-order valence-electron chi connectivity index (χ3n) is 4.36. The molecular formula is C20H21N3O4S. The molecule has 7 nitrogen and oxygen atoms in total. The lowest BCUT2D eigenvalue weighted by atomic mass is 10.1. The maximum atomic E-state index is 12.2. The zero-order valence-corrected chi connectivity index (χ0v) is 16.2. The summed E-state index contributed by atoms with van der Waals surface area (Å²) in [6.45, 7) is 0.491. The van der Waals surface area contributed by atoms with Crippen LogP contribution >= 0.6 is 0 Å². The van der Waals surface area contributed by atoms with Crippen LogP contribution in [0.1, 0.15) is 22.3 Å². The summed E-state index contributed by atoms with van der Waals surface area (Å²) in [5, 5.41) is 5.22. The smallest absolute Gasteiger partial charge is 0.253 e. The van der Waals surface area contributed by atoms with Crippen LogP contribution in [0.15, 0.2) is 54.6 Å². The zero-order chi connectivity index (χ0) is 20.1. The predicted octanol–water partition coefficient (Wildman–Crippen LogP) is 2.24. The van der Waals surface area contributed by atoms with E-state index in [4.69, 9.17) is 0 Å². The van der Waals surface area contributed by atoms with Gasteiger partial charge in [-0.25, -0.2) is 8.42 Å². The Labute approximate surface area is 164 Å². The van der Waals surface area contributed by atoms with Crippen LogP contribution in [-0.4, -0.2) is 39.6 Å². The van der Waals surface area contributed by atoms with E-state index in [1.807, 2.05) is 0 Å². The first kappa shape index (κ1) is 19.6. The lowest BCUT2D eigenvalue weighted by Crippen LogP contribution is -2.24. The molecule has 8 heteroatoms. The first-order valence-electron chi connectivity index (χ1n) is 8.81. The molecule has 2 N–H and O–H groups in total. The molecule has 146 valence electrons. The molecule has 1 fully saturated rings. The topological polar surface area (TPSA) is 95.6 Å². The number of para-hydroxylation sites is 1. The van der Waals surface area contributed by atoms with Crippen molar-refractivity contribution < 1.29 is 18.0 Å². The Kier molecular flexibility index (Phi) is 5.79. The number of carbonyl (C=O) groups is 2. The molecule has 28 heavy (non-hydrogen) atoms. The molecule has 0 unspecified atom stereocenters. The van der Waals surface area contributed by atoms with Gasteiger partial charge in [0.25, 0.3) is 5.91 Å². The fraction of sp³-hybridized carbons (Fsp3) is 0.200. The van der Waals surface area contributed by atoms with Crippen LogP contribution in [0.4, 0.5) is 11.4 Å². The van der Waals surface area contributed by atoms with Crippen LogP contribution in [0.5, 0.6) is 0 Å². The molecule has 2 aromatic carbocycles. The average Bonchev–Trinajstić information content (AvgIpc) is 3.05. The Balaban J connectivity index is 1.68. The largest absolute Gasteiger partial charge is 0.355 e. The molecular weight excluding hydrogens is 378 g/mol. The number of benzene rings is 2. The van der Waals surface area contributed by atoms with Gasteiger partial charge >= 0.3 is 0 Å². The SMILES string of the molecule is CNC(=O)c1ccccc1NC(=O)/C=C/c1ccc(N2CCCS2(=O)=O)cc1. The standard InChI is InChI=1S/C20H21N3O4S/c1-21-20(25)17-5-2-3-6-18(17)22-19(24)12-9-15-7-10-16(11-8-15)23-13-4-14-28(23,26)27/h2-3,5-12H,4,13-14H2,1H3,(H,21,25)(H,22,24)/b12-9+. The van der Waals surface area contributed by atoms with Gasteiger partial charge in [-0.3, -0.25) is 13.9 Å². The van der Waals surface area contributed by atoms with E-state index in [0.29, 0.717) is 29.9 Å². The van der Waals surface area contributed by atoms with Crippen LogP contribution < -0.4 is 14.9 Å². The molecule has 2 amide bonds. The molecule has 3 rings (SSSR count). The van der Waals surface area contributed by atoms with E-state index in [9.17, 15) is 18.0 Å². The Morgan fingerprint density at radius 2 is 1.79 bits per heavy atom. The van der Waals surface area contributed by atoms with Crippen molar-refractivity contribution in [1.29, 1.82) is 0 Å². The molecule has 0 aliphatic carbocycles. The van der Waals surface area contributed by atoms with Gasteiger partial charge in [-0.1, -0.05) is 24.3 Å². The monoisotopic (exact) mass is 399 g/mol. The summed E-state index contributed by atoms with van der Waals surface area (Å²) in [6, 6.07) is 13.7.